The van der Waals surface area contributed by atoms with Gasteiger partial charge < -0.3 is 15.0 Å². The Kier molecular flexibility index (Phi) is 6.45. The van der Waals surface area contributed by atoms with Crippen LogP contribution in [0.1, 0.15) is 64.3 Å². The third-order valence-electron chi connectivity index (χ3n) is 3.09. The molecule has 0 aliphatic carbocycles. The first-order valence-corrected chi connectivity index (χ1v) is 7.04. The lowest BCUT2D eigenvalue weighted by Crippen LogP contribution is -2.21. The van der Waals surface area contributed by atoms with Crippen LogP contribution in [-0.2, 0) is 11.2 Å². The predicted octanol–water partition coefficient (Wildman–Crippen LogP) is 2.86. The molecule has 0 aliphatic rings. The number of methoxy groups -OCH3 is 1. The van der Waals surface area contributed by atoms with Crippen LogP contribution in [0.5, 0.6) is 0 Å². The molecule has 1 atom stereocenters. The smallest absolute Gasteiger partial charge is 0.226 e. The molecular formula is C14H27N3O2. The molecule has 5 heteroatoms. The molecule has 2 N–H and O–H groups in total. The normalized spacial score (nSPS) is 13.7. The maximum Gasteiger partial charge on any atom is 0.226 e. The second-order valence-electron chi connectivity index (χ2n) is 5.98. The summed E-state index contributed by atoms with van der Waals surface area (Å²) in [7, 11) is 1.68. The van der Waals surface area contributed by atoms with Crippen molar-refractivity contribution in [1.82, 2.24) is 10.1 Å². The van der Waals surface area contributed by atoms with Crippen molar-refractivity contribution in [2.24, 2.45) is 11.1 Å². The fraction of sp³-hybridized carbons (Fsp3) is 0.857. The van der Waals surface area contributed by atoms with Crippen molar-refractivity contribution in [1.29, 1.82) is 0 Å². The van der Waals surface area contributed by atoms with Gasteiger partial charge in [-0.15, -0.1) is 0 Å². The summed E-state index contributed by atoms with van der Waals surface area (Å²) in [5.41, 5.74) is 5.42. The van der Waals surface area contributed by atoms with E-state index >= 15 is 0 Å². The number of ether oxygens (including phenoxy) is 1. The first-order chi connectivity index (χ1) is 8.99. The number of aryl methyl sites for hydroxylation is 1. The van der Waals surface area contributed by atoms with Crippen molar-refractivity contribution in [3.05, 3.63) is 11.7 Å². The summed E-state index contributed by atoms with van der Waals surface area (Å²) < 4.78 is 10.8. The van der Waals surface area contributed by atoms with Crippen LogP contribution in [-0.4, -0.2) is 23.8 Å². The molecule has 0 radical (unpaired) electrons. The van der Waals surface area contributed by atoms with Gasteiger partial charge in [0.15, 0.2) is 0 Å². The van der Waals surface area contributed by atoms with E-state index in [0.717, 1.165) is 32.2 Å². The van der Waals surface area contributed by atoms with Crippen molar-refractivity contribution in [3.8, 4) is 0 Å². The minimum Gasteiger partial charge on any atom is -0.373 e. The maximum absolute atomic E-state index is 5.47. The highest BCUT2D eigenvalue weighted by atomic mass is 16.5. The van der Waals surface area contributed by atoms with Gasteiger partial charge in [0.25, 0.3) is 0 Å². The van der Waals surface area contributed by atoms with Crippen LogP contribution in [0.2, 0.25) is 0 Å². The van der Waals surface area contributed by atoms with Crippen LogP contribution in [0.15, 0.2) is 4.52 Å². The molecule has 0 aromatic carbocycles. The van der Waals surface area contributed by atoms with E-state index in [0.29, 0.717) is 11.7 Å². The lowest BCUT2D eigenvalue weighted by atomic mass is 9.88. The molecule has 0 saturated carbocycles. The fourth-order valence-corrected chi connectivity index (χ4v) is 2.10. The first kappa shape index (κ1) is 16.1. The number of unbranched alkanes of at least 4 members (excludes halogenated alkanes) is 3. The zero-order valence-electron chi connectivity index (χ0n) is 12.6. The Labute approximate surface area is 115 Å². The summed E-state index contributed by atoms with van der Waals surface area (Å²) in [5.74, 6) is 1.35. The van der Waals surface area contributed by atoms with Gasteiger partial charge >= 0.3 is 0 Å². The standard InChI is InChI=1S/C14H27N3O2/c1-14(2,3)12(18-4)13-16-11(19-17-13)9-7-5-6-8-10-15/h12H,5-10,15H2,1-4H3. The summed E-state index contributed by atoms with van der Waals surface area (Å²) in [4.78, 5) is 4.44. The van der Waals surface area contributed by atoms with Crippen molar-refractivity contribution >= 4 is 0 Å². The van der Waals surface area contributed by atoms with Crippen molar-refractivity contribution < 1.29 is 9.26 Å². The Bertz CT molecular complexity index is 358. The highest BCUT2D eigenvalue weighted by molar-refractivity contribution is 4.96. The molecule has 0 spiro atoms. The average Bonchev–Trinajstić information content (AvgIpc) is 2.76. The summed E-state index contributed by atoms with van der Waals surface area (Å²) in [6, 6.07) is 0. The molecule has 1 rings (SSSR count). The van der Waals surface area contributed by atoms with Gasteiger partial charge in [-0.2, -0.15) is 4.98 Å². The molecular weight excluding hydrogens is 242 g/mol. The Morgan fingerprint density at radius 1 is 1.21 bits per heavy atom. The van der Waals surface area contributed by atoms with Crippen LogP contribution >= 0.6 is 0 Å². The second-order valence-corrected chi connectivity index (χ2v) is 5.98. The Morgan fingerprint density at radius 3 is 2.47 bits per heavy atom. The number of hydrogen-bond acceptors (Lipinski definition) is 5. The van der Waals surface area contributed by atoms with E-state index in [1.54, 1.807) is 7.11 Å². The minimum absolute atomic E-state index is 0.0446. The van der Waals surface area contributed by atoms with E-state index in [9.17, 15) is 0 Å². The van der Waals surface area contributed by atoms with Gasteiger partial charge in [0.05, 0.1) is 0 Å². The third kappa shape index (κ3) is 5.28. The fourth-order valence-electron chi connectivity index (χ4n) is 2.10. The molecule has 110 valence electrons. The number of nitrogens with two attached hydrogens (primary N) is 1. The molecule has 19 heavy (non-hydrogen) atoms. The zero-order valence-corrected chi connectivity index (χ0v) is 12.6. The van der Waals surface area contributed by atoms with Gasteiger partial charge in [0, 0.05) is 13.5 Å². The van der Waals surface area contributed by atoms with Crippen molar-refractivity contribution in [3.63, 3.8) is 0 Å². The lowest BCUT2D eigenvalue weighted by Gasteiger charge is -2.26. The largest absolute Gasteiger partial charge is 0.373 e. The Hall–Kier alpha value is -0.940. The molecule has 1 aromatic heterocycles. The van der Waals surface area contributed by atoms with E-state index in [-0.39, 0.29) is 11.5 Å². The summed E-state index contributed by atoms with van der Waals surface area (Å²) in [6.45, 7) is 7.07. The van der Waals surface area contributed by atoms with Gasteiger partial charge in [0.1, 0.15) is 6.10 Å². The van der Waals surface area contributed by atoms with Crippen LogP contribution in [0.4, 0.5) is 0 Å². The highest BCUT2D eigenvalue weighted by Gasteiger charge is 2.30. The van der Waals surface area contributed by atoms with Gasteiger partial charge in [-0.05, 0) is 24.8 Å². The molecule has 0 amide bonds. The second kappa shape index (κ2) is 7.60. The molecule has 5 nitrogen and oxygen atoms in total. The number of rotatable bonds is 8. The minimum atomic E-state index is -0.137. The summed E-state index contributed by atoms with van der Waals surface area (Å²) >= 11 is 0. The van der Waals surface area contributed by atoms with E-state index < -0.39 is 0 Å². The number of nitrogens with zero attached hydrogens (tertiary/aromatic N) is 2. The van der Waals surface area contributed by atoms with E-state index in [1.807, 2.05) is 0 Å². The summed E-state index contributed by atoms with van der Waals surface area (Å²) in [5, 5.41) is 4.04. The predicted molar refractivity (Wildman–Crippen MR) is 74.7 cm³/mol. The molecule has 1 heterocycles. The molecule has 1 aromatic rings. The SMILES string of the molecule is COC(c1noc(CCCCCCN)n1)C(C)(C)C. The topological polar surface area (TPSA) is 74.2 Å². The number of aromatic nitrogens is 2. The van der Waals surface area contributed by atoms with Gasteiger partial charge in [-0.25, -0.2) is 0 Å². The number of hydrogen-bond donors (Lipinski definition) is 1. The zero-order chi connectivity index (χ0) is 14.3. The maximum atomic E-state index is 5.47. The summed E-state index contributed by atoms with van der Waals surface area (Å²) in [6.07, 6.45) is 5.17. The first-order valence-electron chi connectivity index (χ1n) is 7.04. The molecule has 0 saturated heterocycles. The van der Waals surface area contributed by atoms with Gasteiger partial charge in [-0.3, -0.25) is 0 Å². The average molecular weight is 269 g/mol. The van der Waals surface area contributed by atoms with Crippen LogP contribution in [0.25, 0.3) is 0 Å². The van der Waals surface area contributed by atoms with Crippen molar-refractivity contribution in [2.45, 2.75) is 59.0 Å². The highest BCUT2D eigenvalue weighted by Crippen LogP contribution is 2.33. The quantitative estimate of drug-likeness (QED) is 0.734. The van der Waals surface area contributed by atoms with Crippen LogP contribution in [0.3, 0.4) is 0 Å². The van der Waals surface area contributed by atoms with E-state index in [1.165, 1.54) is 6.42 Å². The van der Waals surface area contributed by atoms with Crippen molar-refractivity contribution in [2.75, 3.05) is 13.7 Å². The molecule has 0 fully saturated rings. The van der Waals surface area contributed by atoms with Gasteiger partial charge in [-0.1, -0.05) is 38.8 Å². The third-order valence-corrected chi connectivity index (χ3v) is 3.09. The van der Waals surface area contributed by atoms with E-state index in [4.69, 9.17) is 15.0 Å². The molecule has 1 unspecified atom stereocenters. The Balaban J connectivity index is 2.47. The van der Waals surface area contributed by atoms with Gasteiger partial charge in [0.2, 0.25) is 11.7 Å². The Morgan fingerprint density at radius 2 is 1.89 bits per heavy atom. The van der Waals surface area contributed by atoms with Crippen LogP contribution < -0.4 is 5.73 Å². The van der Waals surface area contributed by atoms with E-state index in [2.05, 4.69) is 30.9 Å². The monoisotopic (exact) mass is 269 g/mol. The molecule has 0 aliphatic heterocycles. The lowest BCUT2D eigenvalue weighted by molar-refractivity contribution is 0.00718. The molecule has 0 bridgehead atoms. The van der Waals surface area contributed by atoms with Crippen LogP contribution in [0, 0.1) is 5.41 Å².